The van der Waals surface area contributed by atoms with Crippen LogP contribution >= 0.6 is 0 Å². The van der Waals surface area contributed by atoms with Gasteiger partial charge < -0.3 is 10.6 Å². The van der Waals surface area contributed by atoms with Crippen molar-refractivity contribution in [3.8, 4) is 0 Å². The summed E-state index contributed by atoms with van der Waals surface area (Å²) in [7, 11) is 0. The summed E-state index contributed by atoms with van der Waals surface area (Å²) in [6.45, 7) is 0. The molecule has 0 saturated carbocycles. The SMILES string of the molecule is O=[N+]([O-])c1cccc2c(Nc3cccc4c(Nc5ccc(C(F)(F)F)cc5C(F)(F)F)nccc34)ccnc12. The maximum atomic E-state index is 13.7. The zero-order valence-electron chi connectivity index (χ0n) is 19.4. The number of hydrogen-bond acceptors (Lipinski definition) is 6. The Hall–Kier alpha value is -4.94. The van der Waals surface area contributed by atoms with Crippen LogP contribution in [0.3, 0.4) is 0 Å². The number of para-hydroxylation sites is 1. The van der Waals surface area contributed by atoms with E-state index in [2.05, 4.69) is 20.6 Å². The van der Waals surface area contributed by atoms with Gasteiger partial charge in [-0.1, -0.05) is 24.3 Å². The van der Waals surface area contributed by atoms with Crippen molar-refractivity contribution in [1.29, 1.82) is 0 Å². The molecule has 0 radical (unpaired) electrons. The summed E-state index contributed by atoms with van der Waals surface area (Å²) in [5.74, 6) is -0.0170. The van der Waals surface area contributed by atoms with E-state index >= 15 is 0 Å². The number of nitro groups is 1. The van der Waals surface area contributed by atoms with E-state index in [9.17, 15) is 36.5 Å². The lowest BCUT2D eigenvalue weighted by atomic mass is 10.1. The molecule has 0 unspecified atom stereocenters. The summed E-state index contributed by atoms with van der Waals surface area (Å²) in [5.41, 5.74) is -2.54. The van der Waals surface area contributed by atoms with Gasteiger partial charge in [0, 0.05) is 46.0 Å². The van der Waals surface area contributed by atoms with E-state index in [0.717, 1.165) is 0 Å². The molecule has 5 rings (SSSR count). The fourth-order valence-corrected chi connectivity index (χ4v) is 4.17. The molecule has 2 N–H and O–H groups in total. The van der Waals surface area contributed by atoms with Crippen molar-refractivity contribution < 1.29 is 31.3 Å². The number of nitrogens with one attached hydrogen (secondary N) is 2. The molecule has 0 aliphatic heterocycles. The van der Waals surface area contributed by atoms with E-state index in [1.807, 2.05) is 0 Å². The zero-order valence-corrected chi connectivity index (χ0v) is 19.4. The van der Waals surface area contributed by atoms with Crippen molar-refractivity contribution in [2.75, 3.05) is 10.6 Å². The van der Waals surface area contributed by atoms with Gasteiger partial charge in [0.1, 0.15) is 11.3 Å². The van der Waals surface area contributed by atoms with Gasteiger partial charge in [0.05, 0.1) is 21.7 Å². The number of nitrogens with zero attached hydrogens (tertiary/aromatic N) is 3. The minimum Gasteiger partial charge on any atom is -0.354 e. The molecule has 13 heteroatoms. The van der Waals surface area contributed by atoms with E-state index in [1.54, 1.807) is 36.4 Å². The second-order valence-corrected chi connectivity index (χ2v) is 8.36. The minimum atomic E-state index is -5.06. The first-order valence-corrected chi connectivity index (χ1v) is 11.2. The first-order valence-electron chi connectivity index (χ1n) is 11.2. The number of aromatic nitrogens is 2. The van der Waals surface area contributed by atoms with Crippen molar-refractivity contribution in [3.63, 3.8) is 0 Å². The van der Waals surface area contributed by atoms with E-state index in [0.29, 0.717) is 39.7 Å². The number of benzene rings is 3. The highest BCUT2D eigenvalue weighted by Gasteiger charge is 2.38. The number of fused-ring (bicyclic) bond motifs is 2. The van der Waals surface area contributed by atoms with Gasteiger partial charge in [-0.15, -0.1) is 0 Å². The molecule has 198 valence electrons. The van der Waals surface area contributed by atoms with Crippen LogP contribution < -0.4 is 10.6 Å². The van der Waals surface area contributed by atoms with Crippen LogP contribution in [0.1, 0.15) is 11.1 Å². The summed E-state index contributed by atoms with van der Waals surface area (Å²) in [4.78, 5) is 19.1. The highest BCUT2D eigenvalue weighted by atomic mass is 19.4. The molecule has 0 bridgehead atoms. The van der Waals surface area contributed by atoms with Crippen molar-refractivity contribution in [3.05, 3.63) is 100 Å². The molecule has 0 aliphatic carbocycles. The summed E-state index contributed by atoms with van der Waals surface area (Å²) in [6, 6.07) is 13.9. The normalized spacial score (nSPS) is 12.1. The van der Waals surface area contributed by atoms with Gasteiger partial charge in [0.25, 0.3) is 5.69 Å². The van der Waals surface area contributed by atoms with Crippen LogP contribution in [0.4, 0.5) is 54.9 Å². The van der Waals surface area contributed by atoms with Crippen LogP contribution in [0.2, 0.25) is 0 Å². The highest BCUT2D eigenvalue weighted by Crippen LogP contribution is 2.41. The molecule has 0 amide bonds. The Bertz CT molecular complexity index is 1740. The number of anilines is 4. The Labute approximate surface area is 215 Å². The molecule has 5 aromatic rings. The number of halogens is 6. The lowest BCUT2D eigenvalue weighted by molar-refractivity contribution is -0.383. The van der Waals surface area contributed by atoms with Crippen LogP contribution in [0.15, 0.2) is 79.1 Å². The van der Waals surface area contributed by atoms with Gasteiger partial charge in [-0.25, -0.2) is 9.97 Å². The Balaban J connectivity index is 1.57. The molecule has 2 aromatic heterocycles. The third kappa shape index (κ3) is 4.98. The summed E-state index contributed by atoms with van der Waals surface area (Å²) < 4.78 is 80.2. The number of nitro benzene ring substituents is 1. The molecule has 3 aromatic carbocycles. The smallest absolute Gasteiger partial charge is 0.354 e. The van der Waals surface area contributed by atoms with Gasteiger partial charge in [-0.3, -0.25) is 10.1 Å². The molecular weight excluding hydrogens is 528 g/mol. The molecule has 0 saturated heterocycles. The van der Waals surface area contributed by atoms with E-state index in [1.165, 1.54) is 24.5 Å². The van der Waals surface area contributed by atoms with Crippen LogP contribution in [-0.2, 0) is 12.4 Å². The number of alkyl halides is 6. The monoisotopic (exact) mass is 543 g/mol. The average molecular weight is 543 g/mol. The lowest BCUT2D eigenvalue weighted by Crippen LogP contribution is -2.13. The molecule has 39 heavy (non-hydrogen) atoms. The minimum absolute atomic E-state index is 0.0170. The number of hydrogen-bond donors (Lipinski definition) is 2. The maximum Gasteiger partial charge on any atom is 0.418 e. The van der Waals surface area contributed by atoms with Crippen LogP contribution in [0, 0.1) is 10.1 Å². The summed E-state index contributed by atoms with van der Waals surface area (Å²) >= 11 is 0. The topological polar surface area (TPSA) is 93.0 Å². The Morgan fingerprint density at radius 1 is 0.692 bits per heavy atom. The first kappa shape index (κ1) is 25.7. The molecule has 0 atom stereocenters. The lowest BCUT2D eigenvalue weighted by Gasteiger charge is -2.18. The van der Waals surface area contributed by atoms with Crippen LogP contribution in [-0.4, -0.2) is 14.9 Å². The molecule has 7 nitrogen and oxygen atoms in total. The van der Waals surface area contributed by atoms with Crippen molar-refractivity contribution in [2.24, 2.45) is 0 Å². The van der Waals surface area contributed by atoms with E-state index in [-0.39, 0.29) is 23.1 Å². The highest BCUT2D eigenvalue weighted by molar-refractivity contribution is 6.04. The molecular formula is C26H15F6N5O2. The molecule has 0 aliphatic rings. The predicted octanol–water partition coefficient (Wildman–Crippen LogP) is 8.22. The van der Waals surface area contributed by atoms with E-state index < -0.39 is 34.1 Å². The van der Waals surface area contributed by atoms with Crippen molar-refractivity contribution in [1.82, 2.24) is 9.97 Å². The average Bonchev–Trinajstić information content (AvgIpc) is 2.88. The standard InChI is InChI=1S/C26H15F6N5O2/c27-25(28,29)14-7-8-21(18(13-14)26(30,31)32)36-24-16-3-1-5-19(15(16)9-11-34-24)35-20-10-12-33-23-17(20)4-2-6-22(23)37(38)39/h1-13H,(H,33,35)(H,34,36). The molecule has 2 heterocycles. The predicted molar refractivity (Wildman–Crippen MR) is 133 cm³/mol. The fraction of sp³-hybridized carbons (Fsp3) is 0.0769. The second kappa shape index (κ2) is 9.42. The second-order valence-electron chi connectivity index (χ2n) is 8.36. The number of rotatable bonds is 5. The zero-order chi connectivity index (χ0) is 27.9. The fourth-order valence-electron chi connectivity index (χ4n) is 4.17. The Morgan fingerprint density at radius 2 is 1.38 bits per heavy atom. The number of pyridine rings is 2. The van der Waals surface area contributed by atoms with Gasteiger partial charge >= 0.3 is 12.4 Å². The Morgan fingerprint density at radius 3 is 2.10 bits per heavy atom. The third-order valence-corrected chi connectivity index (χ3v) is 5.93. The number of non-ortho nitro benzene ring substituents is 1. The van der Waals surface area contributed by atoms with Crippen molar-refractivity contribution in [2.45, 2.75) is 12.4 Å². The van der Waals surface area contributed by atoms with E-state index in [4.69, 9.17) is 0 Å². The summed E-state index contributed by atoms with van der Waals surface area (Å²) in [6.07, 6.45) is -7.27. The third-order valence-electron chi connectivity index (χ3n) is 5.93. The molecule has 0 fully saturated rings. The van der Waals surface area contributed by atoms with Gasteiger partial charge in [-0.05, 0) is 36.4 Å². The van der Waals surface area contributed by atoms with Gasteiger partial charge in [0.2, 0.25) is 0 Å². The van der Waals surface area contributed by atoms with Crippen LogP contribution in [0.5, 0.6) is 0 Å². The quantitative estimate of drug-likeness (QED) is 0.132. The van der Waals surface area contributed by atoms with Gasteiger partial charge in [0.15, 0.2) is 0 Å². The molecule has 0 spiro atoms. The maximum absolute atomic E-state index is 13.7. The largest absolute Gasteiger partial charge is 0.418 e. The van der Waals surface area contributed by atoms with Crippen molar-refractivity contribution >= 4 is 50.2 Å². The van der Waals surface area contributed by atoms with Gasteiger partial charge in [-0.2, -0.15) is 26.3 Å². The van der Waals surface area contributed by atoms with Crippen LogP contribution in [0.25, 0.3) is 21.7 Å². The summed E-state index contributed by atoms with van der Waals surface area (Å²) in [5, 5.41) is 18.5. The first-order chi connectivity index (χ1) is 18.4. The Kier molecular flexibility index (Phi) is 6.21.